The molecule has 0 saturated carbocycles. The van der Waals surface area contributed by atoms with E-state index in [-0.39, 0.29) is 18.2 Å². The van der Waals surface area contributed by atoms with Crippen molar-refractivity contribution in [2.45, 2.75) is 39.3 Å². The third-order valence-electron chi connectivity index (χ3n) is 3.05. The summed E-state index contributed by atoms with van der Waals surface area (Å²) in [4.78, 5) is 22.6. The fraction of sp³-hybridized carbons (Fsp3) is 0.500. The molecule has 0 heterocycles. The number of hydrogen-bond donors (Lipinski definition) is 2. The van der Waals surface area contributed by atoms with E-state index in [1.165, 1.54) is 0 Å². The van der Waals surface area contributed by atoms with Gasteiger partial charge >= 0.3 is 5.97 Å². The molecule has 0 aromatic heterocycles. The van der Waals surface area contributed by atoms with Crippen molar-refractivity contribution >= 4 is 11.9 Å². The van der Waals surface area contributed by atoms with E-state index in [0.29, 0.717) is 19.6 Å². The van der Waals surface area contributed by atoms with Gasteiger partial charge in [-0.2, -0.15) is 0 Å². The summed E-state index contributed by atoms with van der Waals surface area (Å²) in [5.74, 6) is -1.39. The summed E-state index contributed by atoms with van der Waals surface area (Å²) in [7, 11) is 0. The SMILES string of the molecule is CC(C)C(NC(=O)CCCOCc1ccccc1)C(=O)O. The summed E-state index contributed by atoms with van der Waals surface area (Å²) in [6.45, 7) is 4.53. The number of amides is 1. The molecular weight excluding hydrogens is 270 g/mol. The molecule has 0 spiro atoms. The number of nitrogens with one attached hydrogen (secondary N) is 1. The lowest BCUT2D eigenvalue weighted by molar-refractivity contribution is -0.143. The first-order valence-electron chi connectivity index (χ1n) is 7.14. The van der Waals surface area contributed by atoms with Gasteiger partial charge in [-0.25, -0.2) is 4.79 Å². The summed E-state index contributed by atoms with van der Waals surface area (Å²) < 4.78 is 5.47. The molecule has 1 aromatic rings. The number of hydrogen-bond acceptors (Lipinski definition) is 3. The minimum atomic E-state index is -1.00. The maximum Gasteiger partial charge on any atom is 0.326 e. The van der Waals surface area contributed by atoms with Crippen LogP contribution >= 0.6 is 0 Å². The summed E-state index contributed by atoms with van der Waals surface area (Å²) in [5, 5.41) is 11.5. The predicted molar refractivity (Wildman–Crippen MR) is 79.7 cm³/mol. The van der Waals surface area contributed by atoms with Crippen LogP contribution in [0.1, 0.15) is 32.3 Å². The van der Waals surface area contributed by atoms with Gasteiger partial charge in [0.2, 0.25) is 5.91 Å². The Hall–Kier alpha value is -1.88. The lowest BCUT2D eigenvalue weighted by Gasteiger charge is -2.17. The van der Waals surface area contributed by atoms with Gasteiger partial charge < -0.3 is 15.2 Å². The highest BCUT2D eigenvalue weighted by Crippen LogP contribution is 2.04. The minimum Gasteiger partial charge on any atom is -0.480 e. The van der Waals surface area contributed by atoms with Crippen molar-refractivity contribution < 1.29 is 19.4 Å². The first-order chi connectivity index (χ1) is 10.0. The van der Waals surface area contributed by atoms with Crippen molar-refractivity contribution in [2.75, 3.05) is 6.61 Å². The van der Waals surface area contributed by atoms with Crippen molar-refractivity contribution in [3.05, 3.63) is 35.9 Å². The second kappa shape index (κ2) is 9.13. The average Bonchev–Trinajstić information content (AvgIpc) is 2.45. The lowest BCUT2D eigenvalue weighted by Crippen LogP contribution is -2.44. The van der Waals surface area contributed by atoms with Gasteiger partial charge in [0.15, 0.2) is 0 Å². The van der Waals surface area contributed by atoms with E-state index in [1.807, 2.05) is 30.3 Å². The Morgan fingerprint density at radius 3 is 2.48 bits per heavy atom. The average molecular weight is 293 g/mol. The Labute approximate surface area is 125 Å². The Morgan fingerprint density at radius 2 is 1.90 bits per heavy atom. The molecule has 1 rings (SSSR count). The van der Waals surface area contributed by atoms with Gasteiger partial charge in [-0.15, -0.1) is 0 Å². The number of rotatable bonds is 9. The molecule has 0 aliphatic heterocycles. The van der Waals surface area contributed by atoms with Gasteiger partial charge in [-0.1, -0.05) is 44.2 Å². The Balaban J connectivity index is 2.17. The van der Waals surface area contributed by atoms with Crippen molar-refractivity contribution in [1.82, 2.24) is 5.32 Å². The number of carbonyl (C=O) groups excluding carboxylic acids is 1. The highest BCUT2D eigenvalue weighted by Gasteiger charge is 2.22. The van der Waals surface area contributed by atoms with Crippen LogP contribution in [0.3, 0.4) is 0 Å². The summed E-state index contributed by atoms with van der Waals surface area (Å²) in [6.07, 6.45) is 0.842. The topological polar surface area (TPSA) is 75.6 Å². The van der Waals surface area contributed by atoms with E-state index in [9.17, 15) is 9.59 Å². The van der Waals surface area contributed by atoms with Crippen LogP contribution in [0, 0.1) is 5.92 Å². The maximum atomic E-state index is 11.7. The molecule has 0 saturated heterocycles. The number of carboxylic acid groups (broad SMARTS) is 1. The van der Waals surface area contributed by atoms with E-state index in [2.05, 4.69) is 5.32 Å². The van der Waals surface area contributed by atoms with Gasteiger partial charge in [0.05, 0.1) is 6.61 Å². The Kier molecular flexibility index (Phi) is 7.46. The van der Waals surface area contributed by atoms with Gasteiger partial charge in [0.25, 0.3) is 0 Å². The zero-order chi connectivity index (χ0) is 15.7. The second-order valence-corrected chi connectivity index (χ2v) is 5.27. The first kappa shape index (κ1) is 17.2. The lowest BCUT2D eigenvalue weighted by atomic mass is 10.0. The highest BCUT2D eigenvalue weighted by molar-refractivity contribution is 5.83. The molecule has 21 heavy (non-hydrogen) atoms. The molecule has 0 radical (unpaired) electrons. The van der Waals surface area contributed by atoms with Crippen LogP contribution in [0.4, 0.5) is 0 Å². The molecule has 1 atom stereocenters. The van der Waals surface area contributed by atoms with Gasteiger partial charge in [0, 0.05) is 13.0 Å². The molecule has 0 fully saturated rings. The minimum absolute atomic E-state index is 0.138. The molecule has 0 bridgehead atoms. The monoisotopic (exact) mass is 293 g/mol. The zero-order valence-electron chi connectivity index (χ0n) is 12.5. The third-order valence-corrected chi connectivity index (χ3v) is 3.05. The van der Waals surface area contributed by atoms with Crippen LogP contribution in [0.15, 0.2) is 30.3 Å². The standard InChI is InChI=1S/C16H23NO4/c1-12(2)15(16(19)20)17-14(18)9-6-10-21-11-13-7-4-3-5-8-13/h3-5,7-8,12,15H,6,9-11H2,1-2H3,(H,17,18)(H,19,20). The van der Waals surface area contributed by atoms with Crippen LogP contribution in [-0.2, 0) is 20.9 Å². The molecule has 2 N–H and O–H groups in total. The van der Waals surface area contributed by atoms with Crippen LogP contribution in [0.25, 0.3) is 0 Å². The van der Waals surface area contributed by atoms with E-state index in [0.717, 1.165) is 5.56 Å². The third kappa shape index (κ3) is 6.90. The summed E-state index contributed by atoms with van der Waals surface area (Å²) >= 11 is 0. The fourth-order valence-electron chi connectivity index (χ4n) is 1.86. The van der Waals surface area contributed by atoms with Crippen LogP contribution in [0.5, 0.6) is 0 Å². The molecule has 116 valence electrons. The number of benzene rings is 1. The molecule has 5 heteroatoms. The van der Waals surface area contributed by atoms with Gasteiger partial charge in [-0.3, -0.25) is 4.79 Å². The highest BCUT2D eigenvalue weighted by atomic mass is 16.5. The Morgan fingerprint density at radius 1 is 1.24 bits per heavy atom. The molecule has 0 aliphatic rings. The van der Waals surface area contributed by atoms with Crippen molar-refractivity contribution in [2.24, 2.45) is 5.92 Å². The molecular formula is C16H23NO4. The first-order valence-corrected chi connectivity index (χ1v) is 7.14. The van der Waals surface area contributed by atoms with Crippen molar-refractivity contribution in [1.29, 1.82) is 0 Å². The smallest absolute Gasteiger partial charge is 0.326 e. The molecule has 5 nitrogen and oxygen atoms in total. The summed E-state index contributed by atoms with van der Waals surface area (Å²) in [5.41, 5.74) is 1.09. The largest absolute Gasteiger partial charge is 0.480 e. The van der Waals surface area contributed by atoms with Crippen LogP contribution < -0.4 is 5.32 Å². The molecule has 1 unspecified atom stereocenters. The van der Waals surface area contributed by atoms with E-state index < -0.39 is 12.0 Å². The van der Waals surface area contributed by atoms with Crippen LogP contribution in [0.2, 0.25) is 0 Å². The number of carboxylic acids is 1. The molecule has 1 amide bonds. The number of carbonyl (C=O) groups is 2. The van der Waals surface area contributed by atoms with Crippen molar-refractivity contribution in [3.63, 3.8) is 0 Å². The quantitative estimate of drug-likeness (QED) is 0.684. The Bertz CT molecular complexity index is 445. The molecule has 1 aromatic carbocycles. The van der Waals surface area contributed by atoms with E-state index in [4.69, 9.17) is 9.84 Å². The van der Waals surface area contributed by atoms with Gasteiger partial charge in [0.1, 0.15) is 6.04 Å². The van der Waals surface area contributed by atoms with Crippen LogP contribution in [-0.4, -0.2) is 29.6 Å². The predicted octanol–water partition coefficient (Wildman–Crippen LogP) is 2.21. The molecule has 0 aliphatic carbocycles. The fourth-order valence-corrected chi connectivity index (χ4v) is 1.86. The maximum absolute atomic E-state index is 11.7. The zero-order valence-corrected chi connectivity index (χ0v) is 12.5. The number of ether oxygens (including phenoxy) is 1. The second-order valence-electron chi connectivity index (χ2n) is 5.27. The van der Waals surface area contributed by atoms with E-state index in [1.54, 1.807) is 13.8 Å². The van der Waals surface area contributed by atoms with Crippen molar-refractivity contribution in [3.8, 4) is 0 Å². The number of aliphatic carboxylic acids is 1. The normalized spacial score (nSPS) is 12.1. The van der Waals surface area contributed by atoms with E-state index >= 15 is 0 Å². The van der Waals surface area contributed by atoms with Gasteiger partial charge in [-0.05, 0) is 17.9 Å². The summed E-state index contributed by atoms with van der Waals surface area (Å²) in [6, 6.07) is 8.97.